The van der Waals surface area contributed by atoms with Crippen molar-refractivity contribution in [2.75, 3.05) is 0 Å². The third-order valence-electron chi connectivity index (χ3n) is 3.06. The van der Waals surface area contributed by atoms with E-state index in [0.29, 0.717) is 28.6 Å². The van der Waals surface area contributed by atoms with Crippen molar-refractivity contribution >= 4 is 34.9 Å². The summed E-state index contributed by atoms with van der Waals surface area (Å²) in [5.74, 6) is -0.175. The number of carbonyl (C=O) groups excluding carboxylic acids is 2. The van der Waals surface area contributed by atoms with Crippen LogP contribution in [-0.2, 0) is 11.3 Å². The molecule has 1 aromatic heterocycles. The standard InChI is InChI=1S/C13H16ClN3O2S/c1-3-9-11(7(2)16-13(19)17-9)12(18)15-6-8-4-5-10(14)20-8/h4-5,9H,3,6H2,1-2H3,(H,15,18)(H2,16,17,19)/t9-/m1/s1. The molecule has 0 aliphatic carbocycles. The molecule has 2 heterocycles. The zero-order valence-electron chi connectivity index (χ0n) is 11.2. The van der Waals surface area contributed by atoms with Crippen LogP contribution in [-0.4, -0.2) is 18.0 Å². The molecule has 0 radical (unpaired) electrons. The second-order valence-electron chi connectivity index (χ2n) is 4.49. The Hall–Kier alpha value is -1.53. The summed E-state index contributed by atoms with van der Waals surface area (Å²) in [5, 5.41) is 8.22. The quantitative estimate of drug-likeness (QED) is 0.798. The molecule has 2 rings (SSSR count). The largest absolute Gasteiger partial charge is 0.347 e. The number of allylic oxidation sites excluding steroid dienone is 1. The lowest BCUT2D eigenvalue weighted by molar-refractivity contribution is -0.118. The van der Waals surface area contributed by atoms with Gasteiger partial charge in [-0.05, 0) is 25.5 Å². The molecule has 0 fully saturated rings. The van der Waals surface area contributed by atoms with Gasteiger partial charge in [-0.25, -0.2) is 4.79 Å². The number of urea groups is 1. The lowest BCUT2D eigenvalue weighted by Crippen LogP contribution is -2.51. The van der Waals surface area contributed by atoms with Crippen LogP contribution in [0.25, 0.3) is 0 Å². The third-order valence-corrected chi connectivity index (χ3v) is 4.29. The Morgan fingerprint density at radius 3 is 2.85 bits per heavy atom. The molecule has 0 spiro atoms. The number of halogens is 1. The molecule has 0 saturated heterocycles. The van der Waals surface area contributed by atoms with Crippen molar-refractivity contribution in [1.29, 1.82) is 0 Å². The van der Waals surface area contributed by atoms with E-state index in [0.717, 1.165) is 4.88 Å². The van der Waals surface area contributed by atoms with Crippen LogP contribution in [0.15, 0.2) is 23.4 Å². The highest BCUT2D eigenvalue weighted by Crippen LogP contribution is 2.21. The summed E-state index contributed by atoms with van der Waals surface area (Å²) < 4.78 is 0.697. The van der Waals surface area contributed by atoms with Crippen LogP contribution < -0.4 is 16.0 Å². The number of amides is 3. The molecule has 1 aliphatic rings. The molecule has 108 valence electrons. The molecule has 5 nitrogen and oxygen atoms in total. The van der Waals surface area contributed by atoms with Crippen molar-refractivity contribution in [1.82, 2.24) is 16.0 Å². The van der Waals surface area contributed by atoms with E-state index in [-0.39, 0.29) is 18.0 Å². The molecular weight excluding hydrogens is 298 g/mol. The van der Waals surface area contributed by atoms with Crippen molar-refractivity contribution in [2.45, 2.75) is 32.9 Å². The van der Waals surface area contributed by atoms with Crippen LogP contribution in [0.4, 0.5) is 4.79 Å². The Morgan fingerprint density at radius 2 is 2.25 bits per heavy atom. The summed E-state index contributed by atoms with van der Waals surface area (Å²) in [6.07, 6.45) is 0.665. The number of thiophene rings is 1. The van der Waals surface area contributed by atoms with Crippen molar-refractivity contribution in [2.24, 2.45) is 0 Å². The van der Waals surface area contributed by atoms with Crippen LogP contribution in [0.2, 0.25) is 4.34 Å². The van der Waals surface area contributed by atoms with E-state index in [4.69, 9.17) is 11.6 Å². The molecule has 0 unspecified atom stereocenters. The van der Waals surface area contributed by atoms with E-state index in [1.54, 1.807) is 13.0 Å². The van der Waals surface area contributed by atoms with Crippen LogP contribution in [0.1, 0.15) is 25.1 Å². The fraction of sp³-hybridized carbons (Fsp3) is 0.385. The normalized spacial score (nSPS) is 18.6. The first-order chi connectivity index (χ1) is 9.51. The minimum atomic E-state index is -0.268. The Kier molecular flexibility index (Phi) is 4.67. The highest BCUT2D eigenvalue weighted by molar-refractivity contribution is 7.16. The summed E-state index contributed by atoms with van der Waals surface area (Å²) in [6, 6.07) is 3.16. The summed E-state index contributed by atoms with van der Waals surface area (Å²) >= 11 is 7.28. The predicted octanol–water partition coefficient (Wildman–Crippen LogP) is 2.38. The maximum absolute atomic E-state index is 12.3. The van der Waals surface area contributed by atoms with E-state index in [1.807, 2.05) is 13.0 Å². The Labute approximate surface area is 126 Å². The summed E-state index contributed by atoms with van der Waals surface area (Å²) in [5.41, 5.74) is 1.18. The lowest BCUT2D eigenvalue weighted by Gasteiger charge is -2.27. The summed E-state index contributed by atoms with van der Waals surface area (Å²) in [6.45, 7) is 4.09. The summed E-state index contributed by atoms with van der Waals surface area (Å²) in [4.78, 5) is 24.7. The van der Waals surface area contributed by atoms with Gasteiger partial charge < -0.3 is 16.0 Å². The van der Waals surface area contributed by atoms with E-state index in [2.05, 4.69) is 16.0 Å². The fourth-order valence-corrected chi connectivity index (χ4v) is 3.14. The van der Waals surface area contributed by atoms with Gasteiger partial charge in [0.05, 0.1) is 22.5 Å². The Morgan fingerprint density at radius 1 is 1.50 bits per heavy atom. The highest BCUT2D eigenvalue weighted by atomic mass is 35.5. The lowest BCUT2D eigenvalue weighted by atomic mass is 10.00. The van der Waals surface area contributed by atoms with E-state index < -0.39 is 0 Å². The van der Waals surface area contributed by atoms with E-state index >= 15 is 0 Å². The average Bonchev–Trinajstić information content (AvgIpc) is 2.80. The summed E-state index contributed by atoms with van der Waals surface area (Å²) in [7, 11) is 0. The highest BCUT2D eigenvalue weighted by Gasteiger charge is 2.28. The monoisotopic (exact) mass is 313 g/mol. The fourth-order valence-electron chi connectivity index (χ4n) is 2.11. The number of nitrogens with one attached hydrogen (secondary N) is 3. The van der Waals surface area contributed by atoms with Crippen LogP contribution in [0, 0.1) is 0 Å². The Bertz CT molecular complexity index is 568. The van der Waals surface area contributed by atoms with Gasteiger partial charge >= 0.3 is 6.03 Å². The maximum atomic E-state index is 12.3. The van der Waals surface area contributed by atoms with Gasteiger partial charge in [-0.1, -0.05) is 18.5 Å². The van der Waals surface area contributed by atoms with Gasteiger partial charge in [-0.15, -0.1) is 11.3 Å². The zero-order valence-corrected chi connectivity index (χ0v) is 12.8. The molecule has 1 atom stereocenters. The topological polar surface area (TPSA) is 70.2 Å². The molecule has 0 saturated carbocycles. The molecule has 1 aromatic rings. The molecule has 3 amide bonds. The van der Waals surface area contributed by atoms with Gasteiger partial charge in [0.2, 0.25) is 0 Å². The number of rotatable bonds is 4. The van der Waals surface area contributed by atoms with E-state index in [1.165, 1.54) is 11.3 Å². The predicted molar refractivity (Wildman–Crippen MR) is 79.6 cm³/mol. The van der Waals surface area contributed by atoms with Crippen molar-refractivity contribution in [3.05, 3.63) is 32.6 Å². The van der Waals surface area contributed by atoms with Gasteiger partial charge in [-0.3, -0.25) is 4.79 Å². The first-order valence-electron chi connectivity index (χ1n) is 6.32. The van der Waals surface area contributed by atoms with Crippen LogP contribution in [0.3, 0.4) is 0 Å². The SMILES string of the molecule is CC[C@H]1NC(=O)NC(C)=C1C(=O)NCc1ccc(Cl)s1. The zero-order chi connectivity index (χ0) is 14.7. The first kappa shape index (κ1) is 14.9. The molecule has 7 heteroatoms. The first-order valence-corrected chi connectivity index (χ1v) is 7.51. The van der Waals surface area contributed by atoms with Gasteiger partial charge in [0, 0.05) is 10.6 Å². The molecule has 20 heavy (non-hydrogen) atoms. The van der Waals surface area contributed by atoms with Crippen LogP contribution >= 0.6 is 22.9 Å². The minimum absolute atomic E-state index is 0.175. The molecular formula is C13H16ClN3O2S. The number of hydrogen-bond acceptors (Lipinski definition) is 3. The molecule has 0 bridgehead atoms. The van der Waals surface area contributed by atoms with E-state index in [9.17, 15) is 9.59 Å². The second-order valence-corrected chi connectivity index (χ2v) is 6.29. The van der Waals surface area contributed by atoms with Crippen LogP contribution in [0.5, 0.6) is 0 Å². The Balaban J connectivity index is 2.06. The second kappa shape index (κ2) is 6.28. The minimum Gasteiger partial charge on any atom is -0.347 e. The smallest absolute Gasteiger partial charge is 0.319 e. The molecule has 1 aliphatic heterocycles. The molecule has 3 N–H and O–H groups in total. The number of carbonyl (C=O) groups is 2. The van der Waals surface area contributed by atoms with Crippen molar-refractivity contribution in [3.63, 3.8) is 0 Å². The average molecular weight is 314 g/mol. The van der Waals surface area contributed by atoms with Gasteiger partial charge in [0.15, 0.2) is 0 Å². The van der Waals surface area contributed by atoms with Gasteiger partial charge in [-0.2, -0.15) is 0 Å². The van der Waals surface area contributed by atoms with Gasteiger partial charge in [0.25, 0.3) is 5.91 Å². The third kappa shape index (κ3) is 3.32. The number of hydrogen-bond donors (Lipinski definition) is 3. The maximum Gasteiger partial charge on any atom is 0.319 e. The van der Waals surface area contributed by atoms with Crippen molar-refractivity contribution in [3.8, 4) is 0 Å². The van der Waals surface area contributed by atoms with Gasteiger partial charge in [0.1, 0.15) is 0 Å². The molecule has 0 aromatic carbocycles. The van der Waals surface area contributed by atoms with Crippen molar-refractivity contribution < 1.29 is 9.59 Å².